The molecule has 0 aliphatic carbocycles. The van der Waals surface area contributed by atoms with Crippen molar-refractivity contribution in [3.63, 3.8) is 0 Å². The highest BCUT2D eigenvalue weighted by molar-refractivity contribution is 7.92. The van der Waals surface area contributed by atoms with Crippen LogP contribution < -0.4 is 0 Å². The maximum absolute atomic E-state index is 13.8. The summed E-state index contributed by atoms with van der Waals surface area (Å²) >= 11 is 0. The molecule has 2 aromatic rings. The molecule has 0 radical (unpaired) electrons. The highest BCUT2D eigenvalue weighted by Gasteiger charge is 2.30. The molecule has 5 nitrogen and oxygen atoms in total. The quantitative estimate of drug-likeness (QED) is 0.804. The monoisotopic (exact) mass is 392 g/mol. The summed E-state index contributed by atoms with van der Waals surface area (Å²) in [5.41, 5.74) is 0.141. The number of hydrogen-bond donors (Lipinski definition) is 0. The molecule has 8 heteroatoms. The molecule has 1 aliphatic rings. The SMILES string of the molecule is O=C(c1c(F)cccc1F)N1CCN(S(=O)(=O)/C=C/c2ccccc2)CC1. The first kappa shape index (κ1) is 19.2. The van der Waals surface area contributed by atoms with Crippen molar-refractivity contribution >= 4 is 22.0 Å². The molecule has 1 amide bonds. The van der Waals surface area contributed by atoms with Crippen molar-refractivity contribution < 1.29 is 22.0 Å². The fourth-order valence-electron chi connectivity index (χ4n) is 2.82. The Balaban J connectivity index is 1.66. The van der Waals surface area contributed by atoms with Crippen LogP contribution >= 0.6 is 0 Å². The number of hydrogen-bond acceptors (Lipinski definition) is 3. The molecule has 0 unspecified atom stereocenters. The molecule has 0 spiro atoms. The van der Waals surface area contributed by atoms with Crippen molar-refractivity contribution in [3.8, 4) is 0 Å². The molecule has 1 heterocycles. The molecule has 0 saturated carbocycles. The lowest BCUT2D eigenvalue weighted by Gasteiger charge is -2.33. The predicted octanol–water partition coefficient (Wildman–Crippen LogP) is 2.72. The van der Waals surface area contributed by atoms with Gasteiger partial charge in [0.15, 0.2) is 0 Å². The second-order valence-corrected chi connectivity index (χ2v) is 7.86. The lowest BCUT2D eigenvalue weighted by Crippen LogP contribution is -2.50. The van der Waals surface area contributed by atoms with Gasteiger partial charge in [0.05, 0.1) is 0 Å². The third-order valence-corrected chi connectivity index (χ3v) is 5.86. The van der Waals surface area contributed by atoms with Crippen molar-refractivity contribution in [3.05, 3.63) is 76.7 Å². The van der Waals surface area contributed by atoms with E-state index in [1.54, 1.807) is 24.3 Å². The van der Waals surface area contributed by atoms with Crippen LogP contribution in [0.2, 0.25) is 0 Å². The van der Waals surface area contributed by atoms with Gasteiger partial charge in [-0.3, -0.25) is 4.79 Å². The van der Waals surface area contributed by atoms with E-state index in [4.69, 9.17) is 0 Å². The minimum atomic E-state index is -3.64. The number of nitrogens with zero attached hydrogens (tertiary/aromatic N) is 2. The Kier molecular flexibility index (Phi) is 5.67. The number of rotatable bonds is 4. The van der Waals surface area contributed by atoms with E-state index in [0.717, 1.165) is 23.1 Å². The standard InChI is InChI=1S/C19H18F2N2O3S/c20-16-7-4-8-17(21)18(16)19(24)22-10-12-23(13-11-22)27(25,26)14-9-15-5-2-1-3-6-15/h1-9,14H,10-13H2/b14-9+. The molecule has 27 heavy (non-hydrogen) atoms. The molecule has 1 aliphatic heterocycles. The van der Waals surface area contributed by atoms with Crippen molar-refractivity contribution in [2.24, 2.45) is 0 Å². The summed E-state index contributed by atoms with van der Waals surface area (Å²) in [5.74, 6) is -2.64. The topological polar surface area (TPSA) is 57.7 Å². The number of carbonyl (C=O) groups is 1. The van der Waals surface area contributed by atoms with E-state index in [2.05, 4.69) is 0 Å². The lowest BCUT2D eigenvalue weighted by molar-refractivity contribution is 0.0688. The van der Waals surface area contributed by atoms with E-state index >= 15 is 0 Å². The van der Waals surface area contributed by atoms with Gasteiger partial charge in [-0.1, -0.05) is 36.4 Å². The van der Waals surface area contributed by atoms with E-state index in [-0.39, 0.29) is 26.2 Å². The van der Waals surface area contributed by atoms with Crippen LogP contribution in [0.4, 0.5) is 8.78 Å². The van der Waals surface area contributed by atoms with Crippen LogP contribution in [0.25, 0.3) is 6.08 Å². The fraction of sp³-hybridized carbons (Fsp3) is 0.211. The summed E-state index contributed by atoms with van der Waals surface area (Å²) < 4.78 is 53.7. The second-order valence-electron chi connectivity index (χ2n) is 6.05. The summed E-state index contributed by atoms with van der Waals surface area (Å²) in [5, 5.41) is 1.12. The normalized spacial score (nSPS) is 16.0. The van der Waals surface area contributed by atoms with Crippen LogP contribution in [0.1, 0.15) is 15.9 Å². The maximum Gasteiger partial charge on any atom is 0.259 e. The van der Waals surface area contributed by atoms with Crippen molar-refractivity contribution in [1.29, 1.82) is 0 Å². The predicted molar refractivity (Wildman–Crippen MR) is 98.2 cm³/mol. The second kappa shape index (κ2) is 7.98. The van der Waals surface area contributed by atoms with Gasteiger partial charge in [-0.15, -0.1) is 0 Å². The lowest BCUT2D eigenvalue weighted by atomic mass is 10.1. The Bertz CT molecular complexity index is 934. The number of halogens is 2. The first-order valence-corrected chi connectivity index (χ1v) is 9.85. The van der Waals surface area contributed by atoms with Gasteiger partial charge in [0.2, 0.25) is 10.0 Å². The minimum Gasteiger partial charge on any atom is -0.336 e. The Labute approximate surface area is 156 Å². The highest BCUT2D eigenvalue weighted by atomic mass is 32.2. The van der Waals surface area contributed by atoms with E-state index in [9.17, 15) is 22.0 Å². The molecule has 3 rings (SSSR count). The first-order valence-electron chi connectivity index (χ1n) is 8.35. The zero-order chi connectivity index (χ0) is 19.4. The molecule has 0 N–H and O–H groups in total. The van der Waals surface area contributed by atoms with E-state index < -0.39 is 33.1 Å². The smallest absolute Gasteiger partial charge is 0.259 e. The Morgan fingerprint density at radius 2 is 1.48 bits per heavy atom. The number of piperazine rings is 1. The van der Waals surface area contributed by atoms with Crippen LogP contribution in [0, 0.1) is 11.6 Å². The van der Waals surface area contributed by atoms with Crippen LogP contribution in [-0.4, -0.2) is 49.7 Å². The van der Waals surface area contributed by atoms with Gasteiger partial charge >= 0.3 is 0 Å². The Hall–Kier alpha value is -2.58. The molecule has 142 valence electrons. The van der Waals surface area contributed by atoms with Crippen LogP contribution in [-0.2, 0) is 10.0 Å². The van der Waals surface area contributed by atoms with E-state index in [0.29, 0.717) is 0 Å². The average Bonchev–Trinajstić information content (AvgIpc) is 2.67. The molecule has 2 aromatic carbocycles. The Morgan fingerprint density at radius 3 is 2.07 bits per heavy atom. The minimum absolute atomic E-state index is 0.0588. The van der Waals surface area contributed by atoms with Gasteiger partial charge in [-0.2, -0.15) is 4.31 Å². The highest BCUT2D eigenvalue weighted by Crippen LogP contribution is 2.17. The van der Waals surface area contributed by atoms with Gasteiger partial charge in [0.25, 0.3) is 5.91 Å². The molecular weight excluding hydrogens is 374 g/mol. The zero-order valence-corrected chi connectivity index (χ0v) is 15.2. The summed E-state index contributed by atoms with van der Waals surface area (Å²) in [4.78, 5) is 13.6. The van der Waals surface area contributed by atoms with Crippen LogP contribution in [0.3, 0.4) is 0 Å². The first-order chi connectivity index (χ1) is 12.9. The summed E-state index contributed by atoms with van der Waals surface area (Å²) in [6.45, 7) is 0.239. The van der Waals surface area contributed by atoms with Crippen molar-refractivity contribution in [1.82, 2.24) is 9.21 Å². The van der Waals surface area contributed by atoms with Gasteiger partial charge in [-0.25, -0.2) is 17.2 Å². The van der Waals surface area contributed by atoms with E-state index in [1.165, 1.54) is 21.3 Å². The molecular formula is C19H18F2N2O3S. The number of amides is 1. The van der Waals surface area contributed by atoms with Gasteiger partial charge < -0.3 is 4.90 Å². The summed E-state index contributed by atoms with van der Waals surface area (Å²) in [6.07, 6.45) is 1.50. The Morgan fingerprint density at radius 1 is 0.889 bits per heavy atom. The van der Waals surface area contributed by atoms with Gasteiger partial charge in [-0.05, 0) is 23.8 Å². The fourth-order valence-corrected chi connectivity index (χ4v) is 3.99. The van der Waals surface area contributed by atoms with Crippen molar-refractivity contribution in [2.75, 3.05) is 26.2 Å². The van der Waals surface area contributed by atoms with Crippen molar-refractivity contribution in [2.45, 2.75) is 0 Å². The molecule has 0 aromatic heterocycles. The molecule has 0 bridgehead atoms. The van der Waals surface area contributed by atoms with Crippen LogP contribution in [0.15, 0.2) is 53.9 Å². The summed E-state index contributed by atoms with van der Waals surface area (Å²) in [7, 11) is -3.64. The zero-order valence-electron chi connectivity index (χ0n) is 14.4. The number of sulfonamides is 1. The molecule has 1 fully saturated rings. The molecule has 1 saturated heterocycles. The average molecular weight is 392 g/mol. The molecule has 0 atom stereocenters. The third-order valence-electron chi connectivity index (χ3n) is 4.29. The van der Waals surface area contributed by atoms with Gasteiger partial charge in [0.1, 0.15) is 17.2 Å². The van der Waals surface area contributed by atoms with Crippen LogP contribution in [0.5, 0.6) is 0 Å². The van der Waals surface area contributed by atoms with Gasteiger partial charge in [0, 0.05) is 31.6 Å². The number of carbonyl (C=O) groups excluding carboxylic acids is 1. The third kappa shape index (κ3) is 4.40. The number of benzene rings is 2. The van der Waals surface area contributed by atoms with E-state index in [1.807, 2.05) is 6.07 Å². The largest absolute Gasteiger partial charge is 0.336 e. The summed E-state index contributed by atoms with van der Waals surface area (Å²) in [6, 6.07) is 12.2. The maximum atomic E-state index is 13.8.